The van der Waals surface area contributed by atoms with Gasteiger partial charge >= 0.3 is 29.8 Å². The van der Waals surface area contributed by atoms with Crippen LogP contribution in [-0.4, -0.2) is 67.2 Å². The lowest BCUT2D eigenvalue weighted by molar-refractivity contribution is -0.300. The lowest BCUT2D eigenvalue weighted by Crippen LogP contribution is -2.63. The minimum Gasteiger partial charge on any atom is -0.463 e. The van der Waals surface area contributed by atoms with E-state index in [1.54, 1.807) is 0 Å². The molecule has 0 saturated carbocycles. The Morgan fingerprint density at radius 1 is 0.630 bits per heavy atom. The molecule has 0 aromatic heterocycles. The maximum Gasteiger partial charge on any atom is 0.305 e. The van der Waals surface area contributed by atoms with E-state index in [4.69, 9.17) is 28.4 Å². The Kier molecular flexibility index (Phi) is 8.16. The van der Waals surface area contributed by atoms with E-state index in [2.05, 4.69) is 0 Å². The summed E-state index contributed by atoms with van der Waals surface area (Å²) in [5, 5.41) is 0. The van der Waals surface area contributed by atoms with Crippen LogP contribution < -0.4 is 0 Å². The van der Waals surface area contributed by atoms with E-state index in [1.807, 2.05) is 0 Å². The van der Waals surface area contributed by atoms with E-state index in [0.717, 1.165) is 34.6 Å². The zero-order valence-electron chi connectivity index (χ0n) is 15.6. The first-order chi connectivity index (χ1) is 12.5. The van der Waals surface area contributed by atoms with Gasteiger partial charge in [-0.25, -0.2) is 0 Å². The normalized spacial score (nSPS) is 27.1. The van der Waals surface area contributed by atoms with Crippen LogP contribution in [0.1, 0.15) is 34.6 Å². The van der Waals surface area contributed by atoms with Crippen LogP contribution in [0.4, 0.5) is 0 Å². The molecule has 11 heteroatoms. The summed E-state index contributed by atoms with van der Waals surface area (Å²) in [5.41, 5.74) is 0. The van der Waals surface area contributed by atoms with Gasteiger partial charge in [-0.1, -0.05) is 0 Å². The lowest BCUT2D eigenvalue weighted by Gasteiger charge is -2.43. The number of hydrogen-bond acceptors (Lipinski definition) is 11. The molecule has 27 heavy (non-hydrogen) atoms. The van der Waals surface area contributed by atoms with Gasteiger partial charge in [-0.3, -0.25) is 24.0 Å². The smallest absolute Gasteiger partial charge is 0.305 e. The standard InChI is InChI=1S/C16H22O11/c1-7(17)22-6-12-13(23-8(2)18)14(24-9(3)19)15(25-10(4)20)16(27-12)26-11(5)21/h12-16H,6H2,1-5H3/t12?,13-,14-,15-,16?/m0/s1. The number of ether oxygens (including phenoxy) is 6. The minimum atomic E-state index is -1.48. The van der Waals surface area contributed by atoms with Gasteiger partial charge in [0, 0.05) is 34.6 Å². The van der Waals surface area contributed by atoms with Crippen LogP contribution in [0, 0.1) is 0 Å². The summed E-state index contributed by atoms with van der Waals surface area (Å²) in [4.78, 5) is 57.0. The fraction of sp³-hybridized carbons (Fsp3) is 0.688. The van der Waals surface area contributed by atoms with Crippen LogP contribution >= 0.6 is 0 Å². The van der Waals surface area contributed by atoms with Crippen molar-refractivity contribution in [2.24, 2.45) is 0 Å². The number of rotatable bonds is 6. The topological polar surface area (TPSA) is 141 Å². The molecular weight excluding hydrogens is 368 g/mol. The number of hydrogen-bond donors (Lipinski definition) is 0. The molecule has 0 bridgehead atoms. The van der Waals surface area contributed by atoms with Crippen molar-refractivity contribution < 1.29 is 52.4 Å². The quantitative estimate of drug-likeness (QED) is 0.433. The van der Waals surface area contributed by atoms with E-state index < -0.39 is 67.2 Å². The first kappa shape index (κ1) is 22.4. The molecule has 0 N–H and O–H groups in total. The second-order valence-corrected chi connectivity index (χ2v) is 5.68. The molecule has 1 aliphatic heterocycles. The van der Waals surface area contributed by atoms with Crippen molar-refractivity contribution in [3.05, 3.63) is 0 Å². The fourth-order valence-electron chi connectivity index (χ4n) is 2.45. The van der Waals surface area contributed by atoms with Gasteiger partial charge < -0.3 is 28.4 Å². The Labute approximate surface area is 155 Å². The third-order valence-electron chi connectivity index (χ3n) is 3.23. The molecule has 1 rings (SSSR count). The second kappa shape index (κ2) is 9.86. The summed E-state index contributed by atoms with van der Waals surface area (Å²) in [6.07, 6.45) is -6.70. The van der Waals surface area contributed by atoms with E-state index in [-0.39, 0.29) is 0 Å². The van der Waals surface area contributed by atoms with Gasteiger partial charge in [-0.15, -0.1) is 0 Å². The zero-order valence-corrected chi connectivity index (χ0v) is 15.6. The average molecular weight is 390 g/mol. The molecule has 0 aliphatic carbocycles. The van der Waals surface area contributed by atoms with E-state index in [1.165, 1.54) is 0 Å². The first-order valence-electron chi connectivity index (χ1n) is 7.99. The van der Waals surface area contributed by atoms with Crippen molar-refractivity contribution in [2.45, 2.75) is 65.3 Å². The van der Waals surface area contributed by atoms with Gasteiger partial charge in [0.25, 0.3) is 0 Å². The molecule has 1 fully saturated rings. The molecule has 152 valence electrons. The van der Waals surface area contributed by atoms with Crippen LogP contribution in [0.3, 0.4) is 0 Å². The third kappa shape index (κ3) is 7.21. The maximum absolute atomic E-state index is 11.5. The summed E-state index contributed by atoms with van der Waals surface area (Å²) in [6, 6.07) is 0. The van der Waals surface area contributed by atoms with Crippen molar-refractivity contribution in [3.63, 3.8) is 0 Å². The summed E-state index contributed by atoms with van der Waals surface area (Å²) in [5.74, 6) is -3.71. The predicted octanol–water partition coefficient (Wildman–Crippen LogP) is -0.367. The lowest BCUT2D eigenvalue weighted by atomic mass is 9.98. The molecule has 1 aliphatic rings. The van der Waals surface area contributed by atoms with Crippen molar-refractivity contribution in [1.82, 2.24) is 0 Å². The van der Waals surface area contributed by atoms with Crippen LogP contribution in [0.5, 0.6) is 0 Å². The SMILES string of the molecule is CC(=O)OCC1OC(OC(C)=O)[C@@H](OC(C)=O)[C@@H](OC(C)=O)[C@H]1OC(C)=O. The van der Waals surface area contributed by atoms with Crippen molar-refractivity contribution in [1.29, 1.82) is 0 Å². The molecule has 0 amide bonds. The first-order valence-corrected chi connectivity index (χ1v) is 7.99. The van der Waals surface area contributed by atoms with E-state index >= 15 is 0 Å². The summed E-state index contributed by atoms with van der Waals surface area (Å²) < 4.78 is 30.8. The molecule has 0 radical (unpaired) electrons. The average Bonchev–Trinajstić information content (AvgIpc) is 2.49. The third-order valence-corrected chi connectivity index (χ3v) is 3.23. The molecule has 0 aromatic carbocycles. The van der Waals surface area contributed by atoms with Crippen molar-refractivity contribution in [3.8, 4) is 0 Å². The highest BCUT2D eigenvalue weighted by molar-refractivity contribution is 5.69. The summed E-state index contributed by atoms with van der Waals surface area (Å²) in [6.45, 7) is 5.13. The highest BCUT2D eigenvalue weighted by Gasteiger charge is 2.53. The van der Waals surface area contributed by atoms with Gasteiger partial charge in [0.05, 0.1) is 0 Å². The van der Waals surface area contributed by atoms with E-state index in [0.29, 0.717) is 0 Å². The monoisotopic (exact) mass is 390 g/mol. The van der Waals surface area contributed by atoms with Gasteiger partial charge in [-0.2, -0.15) is 0 Å². The van der Waals surface area contributed by atoms with Crippen LogP contribution in [0.25, 0.3) is 0 Å². The van der Waals surface area contributed by atoms with Crippen LogP contribution in [0.2, 0.25) is 0 Å². The summed E-state index contributed by atoms with van der Waals surface area (Å²) >= 11 is 0. The molecule has 1 heterocycles. The molecular formula is C16H22O11. The largest absolute Gasteiger partial charge is 0.463 e. The Morgan fingerprint density at radius 3 is 1.52 bits per heavy atom. The molecule has 0 spiro atoms. The molecule has 0 aromatic rings. The predicted molar refractivity (Wildman–Crippen MR) is 83.7 cm³/mol. The summed E-state index contributed by atoms with van der Waals surface area (Å²) in [7, 11) is 0. The Hall–Kier alpha value is -2.69. The van der Waals surface area contributed by atoms with E-state index in [9.17, 15) is 24.0 Å². The number of esters is 5. The maximum atomic E-state index is 11.5. The highest BCUT2D eigenvalue weighted by atomic mass is 16.7. The van der Waals surface area contributed by atoms with Crippen molar-refractivity contribution in [2.75, 3.05) is 6.61 Å². The highest BCUT2D eigenvalue weighted by Crippen LogP contribution is 2.29. The molecule has 11 nitrogen and oxygen atoms in total. The molecule has 5 atom stereocenters. The Bertz CT molecular complexity index is 599. The van der Waals surface area contributed by atoms with Gasteiger partial charge in [-0.05, 0) is 0 Å². The fourth-order valence-corrected chi connectivity index (χ4v) is 2.45. The van der Waals surface area contributed by atoms with Crippen LogP contribution in [-0.2, 0) is 52.4 Å². The van der Waals surface area contributed by atoms with Gasteiger partial charge in [0.1, 0.15) is 12.7 Å². The van der Waals surface area contributed by atoms with Gasteiger partial charge in [0.15, 0.2) is 12.2 Å². The van der Waals surface area contributed by atoms with Crippen molar-refractivity contribution >= 4 is 29.8 Å². The second-order valence-electron chi connectivity index (χ2n) is 5.68. The molecule has 2 unspecified atom stereocenters. The Morgan fingerprint density at radius 2 is 1.07 bits per heavy atom. The van der Waals surface area contributed by atoms with Gasteiger partial charge in [0.2, 0.25) is 12.4 Å². The molecule has 1 saturated heterocycles. The minimum absolute atomic E-state index is 0.393. The van der Waals surface area contributed by atoms with Crippen LogP contribution in [0.15, 0.2) is 0 Å². The number of carbonyl (C=O) groups is 5. The zero-order chi connectivity index (χ0) is 20.7. The number of carbonyl (C=O) groups excluding carboxylic acids is 5. The Balaban J connectivity index is 3.29.